The van der Waals surface area contributed by atoms with E-state index in [0.29, 0.717) is 37.7 Å². The number of aromatic nitrogens is 3. The van der Waals surface area contributed by atoms with E-state index in [9.17, 15) is 0 Å². The van der Waals surface area contributed by atoms with Crippen molar-refractivity contribution in [3.63, 3.8) is 0 Å². The third-order valence-corrected chi connectivity index (χ3v) is 5.13. The molecule has 4 rings (SSSR count). The molecule has 0 spiro atoms. The van der Waals surface area contributed by atoms with Crippen molar-refractivity contribution in [1.82, 2.24) is 14.5 Å². The number of rotatable bonds is 5. The van der Waals surface area contributed by atoms with Gasteiger partial charge in [-0.3, -0.25) is 0 Å². The van der Waals surface area contributed by atoms with Crippen LogP contribution in [0.2, 0.25) is 0 Å². The summed E-state index contributed by atoms with van der Waals surface area (Å²) in [6.45, 7) is 7.97. The van der Waals surface area contributed by atoms with E-state index in [1.165, 1.54) is 0 Å². The summed E-state index contributed by atoms with van der Waals surface area (Å²) in [5.41, 5.74) is 8.70. The van der Waals surface area contributed by atoms with Crippen LogP contribution in [0.5, 0.6) is 0 Å². The smallest absolute Gasteiger partial charge is 0.163 e. The maximum atomic E-state index is 6.24. The number of fused-ring (bicyclic) bond motifs is 3. The molecule has 1 aliphatic rings. The van der Waals surface area contributed by atoms with E-state index in [-0.39, 0.29) is 6.10 Å². The first kappa shape index (κ1) is 18.6. The minimum Gasteiger partial charge on any atom is -0.382 e. The number of pyridine rings is 1. The standard InChI is InChI=1S/C19H23BrN4O3/c1-4-25-10-15-23-16-17(24(15)8-12-9-26-19(2,3)27-12)13-6-5-11(20)7-14(13)22-18(16)21/h5-7,12H,4,8-10H2,1-3H3,(H2,21,22)/t12-/m1/s1. The molecule has 0 bridgehead atoms. The van der Waals surface area contributed by atoms with Crippen LogP contribution in [0.15, 0.2) is 22.7 Å². The number of nitrogens with two attached hydrogens (primary N) is 1. The lowest BCUT2D eigenvalue weighted by Crippen LogP contribution is -2.25. The monoisotopic (exact) mass is 434 g/mol. The highest BCUT2D eigenvalue weighted by Crippen LogP contribution is 2.32. The van der Waals surface area contributed by atoms with Gasteiger partial charge in [-0.15, -0.1) is 0 Å². The molecule has 1 aliphatic heterocycles. The third-order valence-electron chi connectivity index (χ3n) is 4.63. The molecule has 0 radical (unpaired) electrons. The van der Waals surface area contributed by atoms with Crippen molar-refractivity contribution in [1.29, 1.82) is 0 Å². The molecule has 3 aromatic rings. The average molecular weight is 435 g/mol. The molecule has 0 aliphatic carbocycles. The van der Waals surface area contributed by atoms with Crippen molar-refractivity contribution in [2.45, 2.75) is 45.8 Å². The van der Waals surface area contributed by atoms with E-state index in [2.05, 4.69) is 25.5 Å². The quantitative estimate of drug-likeness (QED) is 0.659. The minimum absolute atomic E-state index is 0.0716. The lowest BCUT2D eigenvalue weighted by Gasteiger charge is -2.18. The number of nitrogen functional groups attached to an aromatic ring is 1. The van der Waals surface area contributed by atoms with Crippen molar-refractivity contribution in [3.05, 3.63) is 28.5 Å². The van der Waals surface area contributed by atoms with Crippen LogP contribution in [0.3, 0.4) is 0 Å². The molecule has 2 N–H and O–H groups in total. The second kappa shape index (κ2) is 7.01. The van der Waals surface area contributed by atoms with Gasteiger partial charge in [0.15, 0.2) is 11.6 Å². The van der Waals surface area contributed by atoms with E-state index in [1.54, 1.807) is 0 Å². The van der Waals surface area contributed by atoms with E-state index in [4.69, 9.17) is 24.9 Å². The highest BCUT2D eigenvalue weighted by Gasteiger charge is 2.33. The molecular weight excluding hydrogens is 412 g/mol. The molecule has 3 heterocycles. The highest BCUT2D eigenvalue weighted by molar-refractivity contribution is 9.10. The van der Waals surface area contributed by atoms with Gasteiger partial charge in [-0.05, 0) is 39.0 Å². The molecule has 27 heavy (non-hydrogen) atoms. The van der Waals surface area contributed by atoms with Gasteiger partial charge in [-0.25, -0.2) is 9.97 Å². The second-order valence-electron chi connectivity index (χ2n) is 7.08. The van der Waals surface area contributed by atoms with Crippen LogP contribution in [0.4, 0.5) is 5.82 Å². The molecule has 1 atom stereocenters. The molecule has 1 aromatic carbocycles. The Bertz CT molecular complexity index is 1000. The molecular formula is C19H23BrN4O3. The number of benzene rings is 1. The van der Waals surface area contributed by atoms with Gasteiger partial charge >= 0.3 is 0 Å². The Morgan fingerprint density at radius 2 is 2.19 bits per heavy atom. The largest absolute Gasteiger partial charge is 0.382 e. The molecule has 0 unspecified atom stereocenters. The van der Waals surface area contributed by atoms with Crippen molar-refractivity contribution >= 4 is 43.7 Å². The molecule has 8 heteroatoms. The van der Waals surface area contributed by atoms with Crippen molar-refractivity contribution in [3.8, 4) is 0 Å². The van der Waals surface area contributed by atoms with E-state index >= 15 is 0 Å². The summed E-state index contributed by atoms with van der Waals surface area (Å²) in [6, 6.07) is 5.99. The number of anilines is 1. The summed E-state index contributed by atoms with van der Waals surface area (Å²) >= 11 is 3.50. The molecule has 0 amide bonds. The summed E-state index contributed by atoms with van der Waals surface area (Å²) < 4.78 is 20.5. The lowest BCUT2D eigenvalue weighted by molar-refractivity contribution is -0.139. The topological polar surface area (TPSA) is 84.4 Å². The molecule has 7 nitrogen and oxygen atoms in total. The Kier molecular flexibility index (Phi) is 4.84. The maximum Gasteiger partial charge on any atom is 0.163 e. The Morgan fingerprint density at radius 3 is 2.89 bits per heavy atom. The van der Waals surface area contributed by atoms with Crippen LogP contribution in [0.25, 0.3) is 21.9 Å². The van der Waals surface area contributed by atoms with Crippen molar-refractivity contribution < 1.29 is 14.2 Å². The van der Waals surface area contributed by atoms with Crippen molar-refractivity contribution in [2.75, 3.05) is 18.9 Å². The van der Waals surface area contributed by atoms with Gasteiger partial charge in [-0.2, -0.15) is 0 Å². The first-order chi connectivity index (χ1) is 12.9. The highest BCUT2D eigenvalue weighted by atomic mass is 79.9. The SMILES string of the molecule is CCOCc1nc2c(N)nc3cc(Br)ccc3c2n1C[C@@H]1COC(C)(C)O1. The molecule has 1 saturated heterocycles. The predicted molar refractivity (Wildman–Crippen MR) is 107 cm³/mol. The summed E-state index contributed by atoms with van der Waals surface area (Å²) in [5, 5.41) is 0.996. The summed E-state index contributed by atoms with van der Waals surface area (Å²) in [4.78, 5) is 9.27. The van der Waals surface area contributed by atoms with Gasteiger partial charge in [-0.1, -0.05) is 15.9 Å². The molecule has 1 fully saturated rings. The Balaban J connectivity index is 1.88. The van der Waals surface area contributed by atoms with Gasteiger partial charge in [0.1, 0.15) is 24.1 Å². The maximum absolute atomic E-state index is 6.24. The Morgan fingerprint density at radius 1 is 1.37 bits per heavy atom. The van der Waals surface area contributed by atoms with Crippen LogP contribution in [-0.4, -0.2) is 39.6 Å². The van der Waals surface area contributed by atoms with Crippen LogP contribution in [-0.2, 0) is 27.4 Å². The van der Waals surface area contributed by atoms with Crippen LogP contribution in [0.1, 0.15) is 26.6 Å². The third kappa shape index (κ3) is 3.54. The van der Waals surface area contributed by atoms with Crippen LogP contribution < -0.4 is 5.73 Å². The number of ether oxygens (including phenoxy) is 3. The molecule has 2 aromatic heterocycles. The molecule has 144 valence electrons. The number of hydrogen-bond donors (Lipinski definition) is 1. The average Bonchev–Trinajstić information content (AvgIpc) is 3.14. The van der Waals surface area contributed by atoms with Crippen molar-refractivity contribution in [2.24, 2.45) is 0 Å². The number of hydrogen-bond acceptors (Lipinski definition) is 6. The Hall–Kier alpha value is -1.74. The Labute approximate surface area is 165 Å². The fourth-order valence-electron chi connectivity index (χ4n) is 3.49. The fraction of sp³-hybridized carbons (Fsp3) is 0.474. The van der Waals surface area contributed by atoms with Gasteiger partial charge < -0.3 is 24.5 Å². The van der Waals surface area contributed by atoms with Gasteiger partial charge in [0.2, 0.25) is 0 Å². The van der Waals surface area contributed by atoms with Gasteiger partial charge in [0.05, 0.1) is 24.2 Å². The summed E-state index contributed by atoms with van der Waals surface area (Å²) in [7, 11) is 0. The molecule has 0 saturated carbocycles. The lowest BCUT2D eigenvalue weighted by atomic mass is 10.2. The van der Waals surface area contributed by atoms with Crippen LogP contribution in [0, 0.1) is 0 Å². The first-order valence-electron chi connectivity index (χ1n) is 9.01. The van der Waals surface area contributed by atoms with E-state index in [0.717, 1.165) is 26.7 Å². The zero-order valence-electron chi connectivity index (χ0n) is 15.7. The second-order valence-corrected chi connectivity index (χ2v) is 8.00. The van der Waals surface area contributed by atoms with Crippen LogP contribution >= 0.6 is 15.9 Å². The number of imidazole rings is 1. The van der Waals surface area contributed by atoms with E-state index in [1.807, 2.05) is 39.0 Å². The number of halogens is 1. The fourth-order valence-corrected chi connectivity index (χ4v) is 3.84. The predicted octanol–water partition coefficient (Wildman–Crippen LogP) is 3.62. The zero-order valence-corrected chi connectivity index (χ0v) is 17.2. The summed E-state index contributed by atoms with van der Waals surface area (Å²) in [6.07, 6.45) is -0.0716. The first-order valence-corrected chi connectivity index (χ1v) is 9.80. The van der Waals surface area contributed by atoms with Gasteiger partial charge in [0, 0.05) is 16.5 Å². The normalized spacial score (nSPS) is 19.3. The minimum atomic E-state index is -0.575. The van der Waals surface area contributed by atoms with E-state index < -0.39 is 5.79 Å². The zero-order chi connectivity index (χ0) is 19.2. The van der Waals surface area contributed by atoms with Gasteiger partial charge in [0.25, 0.3) is 0 Å². The number of nitrogens with zero attached hydrogens (tertiary/aromatic N) is 3. The summed E-state index contributed by atoms with van der Waals surface area (Å²) in [5.74, 6) is 0.648.